The first-order valence-corrected chi connectivity index (χ1v) is 6.55. The summed E-state index contributed by atoms with van der Waals surface area (Å²) in [6.45, 7) is 3.22. The van der Waals surface area contributed by atoms with E-state index >= 15 is 0 Å². The van der Waals surface area contributed by atoms with E-state index in [9.17, 15) is 4.79 Å². The van der Waals surface area contributed by atoms with Crippen LogP contribution in [0.3, 0.4) is 0 Å². The smallest absolute Gasteiger partial charge is 0.162 e. The zero-order valence-electron chi connectivity index (χ0n) is 9.93. The van der Waals surface area contributed by atoms with Crippen LogP contribution in [0.1, 0.15) is 15.2 Å². The molecule has 1 aromatic heterocycles. The highest BCUT2D eigenvalue weighted by atomic mass is 32.1. The van der Waals surface area contributed by atoms with Gasteiger partial charge in [-0.2, -0.15) is 0 Å². The Morgan fingerprint density at radius 3 is 2.56 bits per heavy atom. The monoisotopic (exact) mass is 260 g/mol. The molecule has 92 valence electrons. The van der Waals surface area contributed by atoms with Gasteiger partial charge in [-0.25, -0.2) is 0 Å². The number of aldehydes is 1. The SMILES string of the molecule is Cc1cc2c(cc1-c1ccc(C=O)s1)OCCO2. The molecule has 0 amide bonds. The largest absolute Gasteiger partial charge is 0.486 e. The maximum absolute atomic E-state index is 10.7. The summed E-state index contributed by atoms with van der Waals surface area (Å²) in [5.74, 6) is 1.58. The number of hydrogen-bond donors (Lipinski definition) is 0. The van der Waals surface area contributed by atoms with Crippen LogP contribution in [0, 0.1) is 6.92 Å². The molecule has 0 bridgehead atoms. The molecule has 0 saturated heterocycles. The predicted octanol–water partition coefficient (Wildman–Crippen LogP) is 3.31. The number of ether oxygens (including phenoxy) is 2. The van der Waals surface area contributed by atoms with E-state index in [2.05, 4.69) is 0 Å². The standard InChI is InChI=1S/C14H12O3S/c1-9-6-12-13(17-5-4-16-12)7-11(9)14-3-2-10(8-15)18-14/h2-3,6-8H,4-5H2,1H3. The molecule has 3 nitrogen and oxygen atoms in total. The summed E-state index contributed by atoms with van der Waals surface area (Å²) in [6.07, 6.45) is 0.877. The Bertz CT molecular complexity index is 601. The van der Waals surface area contributed by atoms with Crippen LogP contribution in [0.25, 0.3) is 10.4 Å². The third kappa shape index (κ3) is 1.88. The predicted molar refractivity (Wildman–Crippen MR) is 70.9 cm³/mol. The number of hydrogen-bond acceptors (Lipinski definition) is 4. The van der Waals surface area contributed by atoms with Gasteiger partial charge >= 0.3 is 0 Å². The Morgan fingerprint density at radius 1 is 1.17 bits per heavy atom. The minimum Gasteiger partial charge on any atom is -0.486 e. The average Bonchev–Trinajstić information content (AvgIpc) is 2.86. The van der Waals surface area contributed by atoms with Crippen molar-refractivity contribution in [3.63, 3.8) is 0 Å². The van der Waals surface area contributed by atoms with Crippen molar-refractivity contribution in [3.05, 3.63) is 34.7 Å². The summed E-state index contributed by atoms with van der Waals surface area (Å²) in [6, 6.07) is 7.78. The first-order valence-electron chi connectivity index (χ1n) is 5.73. The minimum atomic E-state index is 0.583. The molecule has 0 aliphatic carbocycles. The molecule has 4 heteroatoms. The van der Waals surface area contributed by atoms with E-state index in [1.54, 1.807) is 0 Å². The number of benzene rings is 1. The maximum atomic E-state index is 10.7. The maximum Gasteiger partial charge on any atom is 0.162 e. The van der Waals surface area contributed by atoms with Crippen LogP contribution in [-0.2, 0) is 0 Å². The first-order chi connectivity index (χ1) is 8.78. The number of thiophene rings is 1. The van der Waals surface area contributed by atoms with Gasteiger partial charge in [0.2, 0.25) is 0 Å². The van der Waals surface area contributed by atoms with Crippen molar-refractivity contribution < 1.29 is 14.3 Å². The third-order valence-corrected chi connectivity index (χ3v) is 3.94. The van der Waals surface area contributed by atoms with E-state index in [4.69, 9.17) is 9.47 Å². The van der Waals surface area contributed by atoms with Crippen molar-refractivity contribution in [1.29, 1.82) is 0 Å². The number of carbonyl (C=O) groups is 1. The van der Waals surface area contributed by atoms with Gasteiger partial charge in [0, 0.05) is 4.88 Å². The van der Waals surface area contributed by atoms with Crippen molar-refractivity contribution in [2.24, 2.45) is 0 Å². The highest BCUT2D eigenvalue weighted by Crippen LogP contribution is 2.39. The molecule has 1 aliphatic heterocycles. The van der Waals surface area contributed by atoms with Gasteiger partial charge in [0.05, 0.1) is 4.88 Å². The van der Waals surface area contributed by atoms with E-state index in [-0.39, 0.29) is 0 Å². The normalized spacial score (nSPS) is 13.4. The lowest BCUT2D eigenvalue weighted by molar-refractivity contribution is 0.112. The Hall–Kier alpha value is -1.81. The van der Waals surface area contributed by atoms with Crippen molar-refractivity contribution in [3.8, 4) is 21.9 Å². The Labute approximate surface area is 109 Å². The summed E-state index contributed by atoms with van der Waals surface area (Å²) >= 11 is 1.49. The van der Waals surface area contributed by atoms with Crippen LogP contribution >= 0.6 is 11.3 Å². The van der Waals surface area contributed by atoms with E-state index < -0.39 is 0 Å². The molecule has 18 heavy (non-hydrogen) atoms. The van der Waals surface area contributed by atoms with Crippen molar-refractivity contribution in [2.75, 3.05) is 13.2 Å². The fourth-order valence-corrected chi connectivity index (χ4v) is 2.92. The van der Waals surface area contributed by atoms with E-state index in [0.717, 1.165) is 38.7 Å². The van der Waals surface area contributed by atoms with Crippen LogP contribution in [0.4, 0.5) is 0 Å². The van der Waals surface area contributed by atoms with Gasteiger partial charge in [-0.05, 0) is 42.3 Å². The molecule has 1 aliphatic rings. The fourth-order valence-electron chi connectivity index (χ4n) is 2.02. The highest BCUT2D eigenvalue weighted by Gasteiger charge is 2.15. The zero-order valence-corrected chi connectivity index (χ0v) is 10.8. The zero-order chi connectivity index (χ0) is 12.5. The van der Waals surface area contributed by atoms with Gasteiger partial charge in [-0.15, -0.1) is 11.3 Å². The first kappa shape index (κ1) is 11.3. The van der Waals surface area contributed by atoms with Gasteiger partial charge in [0.15, 0.2) is 17.8 Å². The van der Waals surface area contributed by atoms with Crippen LogP contribution in [0.2, 0.25) is 0 Å². The van der Waals surface area contributed by atoms with Crippen LogP contribution in [-0.4, -0.2) is 19.5 Å². The van der Waals surface area contributed by atoms with Crippen molar-refractivity contribution >= 4 is 17.6 Å². The summed E-state index contributed by atoms with van der Waals surface area (Å²) in [5.41, 5.74) is 2.22. The number of aryl methyl sites for hydroxylation is 1. The van der Waals surface area contributed by atoms with Crippen molar-refractivity contribution in [1.82, 2.24) is 0 Å². The van der Waals surface area contributed by atoms with Gasteiger partial charge in [-0.1, -0.05) is 0 Å². The topological polar surface area (TPSA) is 35.5 Å². The number of carbonyl (C=O) groups excluding carboxylic acids is 1. The molecule has 2 heterocycles. The van der Waals surface area contributed by atoms with Crippen LogP contribution in [0.5, 0.6) is 11.5 Å². The second-order valence-corrected chi connectivity index (χ2v) is 5.25. The van der Waals surface area contributed by atoms with E-state index in [0.29, 0.717) is 13.2 Å². The van der Waals surface area contributed by atoms with Gasteiger partial charge in [0.25, 0.3) is 0 Å². The number of rotatable bonds is 2. The molecule has 0 radical (unpaired) electrons. The molecule has 1 aromatic carbocycles. The van der Waals surface area contributed by atoms with Gasteiger partial charge in [-0.3, -0.25) is 4.79 Å². The average molecular weight is 260 g/mol. The molecule has 0 saturated carbocycles. The Kier molecular flexibility index (Phi) is 2.80. The quantitative estimate of drug-likeness (QED) is 0.777. The molecular weight excluding hydrogens is 248 g/mol. The summed E-state index contributed by atoms with van der Waals surface area (Å²) in [7, 11) is 0. The molecule has 0 spiro atoms. The summed E-state index contributed by atoms with van der Waals surface area (Å²) in [4.78, 5) is 12.5. The third-order valence-electron chi connectivity index (χ3n) is 2.90. The molecule has 0 N–H and O–H groups in total. The molecule has 0 atom stereocenters. The lowest BCUT2D eigenvalue weighted by Gasteiger charge is -2.20. The molecule has 3 rings (SSSR count). The second kappa shape index (κ2) is 4.46. The van der Waals surface area contributed by atoms with Gasteiger partial charge in [0.1, 0.15) is 13.2 Å². The van der Waals surface area contributed by atoms with E-state index in [1.165, 1.54) is 11.3 Å². The lowest BCUT2D eigenvalue weighted by atomic mass is 10.1. The second-order valence-electron chi connectivity index (χ2n) is 4.13. The highest BCUT2D eigenvalue weighted by molar-refractivity contribution is 7.17. The summed E-state index contributed by atoms with van der Waals surface area (Å²) in [5, 5.41) is 0. The minimum absolute atomic E-state index is 0.583. The lowest BCUT2D eigenvalue weighted by Crippen LogP contribution is -2.15. The van der Waals surface area contributed by atoms with Crippen LogP contribution < -0.4 is 9.47 Å². The molecule has 0 fully saturated rings. The van der Waals surface area contributed by atoms with Crippen molar-refractivity contribution in [2.45, 2.75) is 6.92 Å². The molecular formula is C14H12O3S. The summed E-state index contributed by atoms with van der Waals surface area (Å²) < 4.78 is 11.1. The fraction of sp³-hybridized carbons (Fsp3) is 0.214. The van der Waals surface area contributed by atoms with Crippen LogP contribution in [0.15, 0.2) is 24.3 Å². The Morgan fingerprint density at radius 2 is 1.89 bits per heavy atom. The molecule has 2 aromatic rings. The number of fused-ring (bicyclic) bond motifs is 1. The van der Waals surface area contributed by atoms with E-state index in [1.807, 2.05) is 31.2 Å². The van der Waals surface area contributed by atoms with Gasteiger partial charge < -0.3 is 9.47 Å². The Balaban J connectivity index is 2.08. The molecule has 0 unspecified atom stereocenters.